The largest absolute Gasteiger partial charge is 0.497 e. The van der Waals surface area contributed by atoms with E-state index < -0.39 is 17.6 Å². The lowest BCUT2D eigenvalue weighted by molar-refractivity contribution is -0.137. The van der Waals surface area contributed by atoms with E-state index >= 15 is 0 Å². The molecule has 0 saturated heterocycles. The minimum Gasteiger partial charge on any atom is -0.497 e. The number of hydrogen-bond acceptors (Lipinski definition) is 3. The summed E-state index contributed by atoms with van der Waals surface area (Å²) in [5, 5.41) is 2.25. The van der Waals surface area contributed by atoms with Gasteiger partial charge in [0.15, 0.2) is 0 Å². The number of anilines is 1. The number of nitrogens with one attached hydrogen (secondary N) is 1. The third kappa shape index (κ3) is 5.64. The Kier molecular flexibility index (Phi) is 6.50. The third-order valence-electron chi connectivity index (χ3n) is 3.56. The summed E-state index contributed by atoms with van der Waals surface area (Å²) in [6.07, 6.45) is -4.61. The standard InChI is InChI=1S/C18H18ClF3N2O2/c1-24(10-12-4-3-5-14(8-12)26-2)11-17(25)23-16-7-6-13(19)9-15(16)18(20,21)22/h3-9H,10-11H2,1-2H3,(H,23,25). The topological polar surface area (TPSA) is 41.6 Å². The van der Waals surface area contributed by atoms with E-state index in [2.05, 4.69) is 5.32 Å². The highest BCUT2D eigenvalue weighted by atomic mass is 35.5. The number of nitrogens with zero attached hydrogens (tertiary/aromatic N) is 1. The van der Waals surface area contributed by atoms with Crippen LogP contribution >= 0.6 is 11.6 Å². The van der Waals surface area contributed by atoms with Crippen molar-refractivity contribution in [1.29, 1.82) is 0 Å². The van der Waals surface area contributed by atoms with E-state index in [9.17, 15) is 18.0 Å². The van der Waals surface area contributed by atoms with E-state index in [-0.39, 0.29) is 17.3 Å². The monoisotopic (exact) mass is 386 g/mol. The first-order chi connectivity index (χ1) is 12.2. The molecule has 0 radical (unpaired) electrons. The molecule has 0 atom stereocenters. The minimum absolute atomic E-state index is 0.0505. The van der Waals surface area contributed by atoms with E-state index in [1.165, 1.54) is 6.07 Å². The van der Waals surface area contributed by atoms with Crippen LogP contribution in [-0.4, -0.2) is 31.5 Å². The molecule has 0 aliphatic rings. The summed E-state index contributed by atoms with van der Waals surface area (Å²) >= 11 is 5.63. The molecule has 0 unspecified atom stereocenters. The first kappa shape index (κ1) is 20.1. The minimum atomic E-state index is -4.61. The molecule has 0 aliphatic carbocycles. The third-order valence-corrected chi connectivity index (χ3v) is 3.80. The molecule has 26 heavy (non-hydrogen) atoms. The van der Waals surface area contributed by atoms with E-state index in [4.69, 9.17) is 16.3 Å². The predicted molar refractivity (Wildman–Crippen MR) is 94.4 cm³/mol. The maximum absolute atomic E-state index is 13.1. The van der Waals surface area contributed by atoms with Crippen molar-refractivity contribution >= 4 is 23.2 Å². The maximum atomic E-state index is 13.1. The Morgan fingerprint density at radius 1 is 1.23 bits per heavy atom. The molecule has 0 aliphatic heterocycles. The second-order valence-corrected chi connectivity index (χ2v) is 6.20. The Labute approximate surface area is 154 Å². The Morgan fingerprint density at radius 3 is 2.62 bits per heavy atom. The van der Waals surface area contributed by atoms with Crippen molar-refractivity contribution in [1.82, 2.24) is 4.90 Å². The zero-order valence-corrected chi connectivity index (χ0v) is 15.0. The molecule has 2 rings (SSSR count). The average molecular weight is 387 g/mol. The van der Waals surface area contributed by atoms with E-state index in [1.807, 2.05) is 18.2 Å². The summed E-state index contributed by atoms with van der Waals surface area (Å²) < 4.78 is 44.3. The summed E-state index contributed by atoms with van der Waals surface area (Å²) in [4.78, 5) is 13.8. The number of halogens is 4. The second-order valence-electron chi connectivity index (χ2n) is 5.76. The number of methoxy groups -OCH3 is 1. The van der Waals surface area contributed by atoms with E-state index in [0.29, 0.717) is 12.3 Å². The zero-order chi connectivity index (χ0) is 19.3. The normalized spacial score (nSPS) is 11.5. The molecule has 0 bridgehead atoms. The van der Waals surface area contributed by atoms with Crippen LogP contribution in [0.4, 0.5) is 18.9 Å². The lowest BCUT2D eigenvalue weighted by Crippen LogP contribution is -2.30. The molecule has 2 aromatic rings. The van der Waals surface area contributed by atoms with Crippen molar-refractivity contribution in [2.45, 2.75) is 12.7 Å². The molecule has 0 fully saturated rings. The van der Waals surface area contributed by atoms with Gasteiger partial charge in [0.2, 0.25) is 5.91 Å². The number of rotatable bonds is 6. The van der Waals surface area contributed by atoms with E-state index in [1.54, 1.807) is 25.1 Å². The van der Waals surface area contributed by atoms with Crippen LogP contribution in [0.3, 0.4) is 0 Å². The second kappa shape index (κ2) is 8.42. The van der Waals surface area contributed by atoms with Gasteiger partial charge in [-0.25, -0.2) is 0 Å². The molecule has 2 aromatic carbocycles. The lowest BCUT2D eigenvalue weighted by Gasteiger charge is -2.18. The van der Waals surface area contributed by atoms with Gasteiger partial charge in [-0.3, -0.25) is 9.69 Å². The fourth-order valence-corrected chi connectivity index (χ4v) is 2.61. The molecule has 140 valence electrons. The van der Waals surface area contributed by atoms with Gasteiger partial charge < -0.3 is 10.1 Å². The van der Waals surface area contributed by atoms with Gasteiger partial charge in [0.25, 0.3) is 0 Å². The van der Waals surface area contributed by atoms with Crippen molar-refractivity contribution in [2.75, 3.05) is 26.0 Å². The van der Waals surface area contributed by atoms with Crippen LogP contribution in [0.5, 0.6) is 5.75 Å². The highest BCUT2D eigenvalue weighted by Crippen LogP contribution is 2.36. The number of carbonyl (C=O) groups excluding carboxylic acids is 1. The summed E-state index contributed by atoms with van der Waals surface area (Å²) in [6.45, 7) is 0.370. The maximum Gasteiger partial charge on any atom is 0.418 e. The van der Waals surface area contributed by atoms with Gasteiger partial charge in [-0.2, -0.15) is 13.2 Å². The number of amides is 1. The quantitative estimate of drug-likeness (QED) is 0.798. The Bertz CT molecular complexity index is 781. The number of alkyl halides is 3. The van der Waals surface area contributed by atoms with Gasteiger partial charge in [-0.1, -0.05) is 23.7 Å². The van der Waals surface area contributed by atoms with Crippen molar-refractivity contribution in [3.05, 3.63) is 58.6 Å². The summed E-state index contributed by atoms with van der Waals surface area (Å²) in [7, 11) is 3.26. The Morgan fingerprint density at radius 2 is 1.96 bits per heavy atom. The number of carbonyl (C=O) groups is 1. The molecule has 0 heterocycles. The van der Waals surface area contributed by atoms with Crippen LogP contribution in [-0.2, 0) is 17.5 Å². The predicted octanol–water partition coefficient (Wildman–Crippen LogP) is 4.44. The zero-order valence-electron chi connectivity index (χ0n) is 14.2. The lowest BCUT2D eigenvalue weighted by atomic mass is 10.1. The molecule has 1 N–H and O–H groups in total. The number of ether oxygens (including phenoxy) is 1. The van der Waals surface area contributed by atoms with Gasteiger partial charge in [0.1, 0.15) is 5.75 Å². The van der Waals surface area contributed by atoms with Crippen molar-refractivity contribution in [3.8, 4) is 5.75 Å². The highest BCUT2D eigenvalue weighted by molar-refractivity contribution is 6.30. The Balaban J connectivity index is 2.02. The van der Waals surface area contributed by atoms with Crippen LogP contribution in [0.25, 0.3) is 0 Å². The molecule has 0 aromatic heterocycles. The van der Waals surface area contributed by atoms with Crippen molar-refractivity contribution < 1.29 is 22.7 Å². The van der Waals surface area contributed by atoms with Crippen LogP contribution in [0.1, 0.15) is 11.1 Å². The molecular weight excluding hydrogens is 369 g/mol. The van der Waals surface area contributed by atoms with Crippen LogP contribution in [0, 0.1) is 0 Å². The van der Waals surface area contributed by atoms with Crippen molar-refractivity contribution in [3.63, 3.8) is 0 Å². The molecule has 1 amide bonds. The Hall–Kier alpha value is -2.25. The summed E-state index contributed by atoms with van der Waals surface area (Å²) in [5.74, 6) is 0.138. The average Bonchev–Trinajstić information content (AvgIpc) is 2.55. The summed E-state index contributed by atoms with van der Waals surface area (Å²) in [5.41, 5.74) is -0.377. The molecule has 4 nitrogen and oxygen atoms in total. The summed E-state index contributed by atoms with van der Waals surface area (Å²) in [6, 6.07) is 10.6. The number of likely N-dealkylation sites (N-methyl/N-ethyl adjacent to an activating group) is 1. The van der Waals surface area contributed by atoms with Crippen LogP contribution in [0.2, 0.25) is 5.02 Å². The molecule has 8 heteroatoms. The smallest absolute Gasteiger partial charge is 0.418 e. The highest BCUT2D eigenvalue weighted by Gasteiger charge is 2.34. The van der Waals surface area contributed by atoms with Gasteiger partial charge >= 0.3 is 6.18 Å². The first-order valence-corrected chi connectivity index (χ1v) is 8.05. The van der Waals surface area contributed by atoms with E-state index in [0.717, 1.165) is 17.7 Å². The number of benzene rings is 2. The van der Waals surface area contributed by atoms with Crippen LogP contribution < -0.4 is 10.1 Å². The SMILES string of the molecule is COc1cccc(CN(C)CC(=O)Nc2ccc(Cl)cc2C(F)(F)F)c1. The van der Waals surface area contributed by atoms with Gasteiger partial charge in [0, 0.05) is 11.6 Å². The molecule has 0 saturated carbocycles. The first-order valence-electron chi connectivity index (χ1n) is 7.67. The fraction of sp³-hybridized carbons (Fsp3) is 0.278. The van der Waals surface area contributed by atoms with Crippen LogP contribution in [0.15, 0.2) is 42.5 Å². The van der Waals surface area contributed by atoms with Gasteiger partial charge in [-0.15, -0.1) is 0 Å². The molecular formula is C18H18ClF3N2O2. The molecule has 0 spiro atoms. The number of hydrogen-bond donors (Lipinski definition) is 1. The van der Waals surface area contributed by atoms with Gasteiger partial charge in [0.05, 0.1) is 24.9 Å². The van der Waals surface area contributed by atoms with Gasteiger partial charge in [-0.05, 0) is 42.9 Å². The van der Waals surface area contributed by atoms with Crippen molar-refractivity contribution in [2.24, 2.45) is 0 Å². The fourth-order valence-electron chi connectivity index (χ4n) is 2.43.